The van der Waals surface area contributed by atoms with Gasteiger partial charge in [-0.05, 0) is 51.0 Å². The third kappa shape index (κ3) is 1.79. The molecule has 2 aromatic carbocycles. The highest BCUT2D eigenvalue weighted by Gasteiger charge is 2.34. The number of phenols is 1. The van der Waals surface area contributed by atoms with E-state index in [0.717, 1.165) is 28.0 Å². The van der Waals surface area contributed by atoms with Gasteiger partial charge in [-0.3, -0.25) is 0 Å². The summed E-state index contributed by atoms with van der Waals surface area (Å²) in [5.74, 6) is 1.05. The number of ether oxygens (including phenoxy) is 1. The van der Waals surface area contributed by atoms with Crippen LogP contribution in [-0.4, -0.2) is 5.11 Å². The van der Waals surface area contributed by atoms with Crippen LogP contribution in [0.15, 0.2) is 30.3 Å². The molecule has 0 aliphatic carbocycles. The quantitative estimate of drug-likeness (QED) is 0.759. The van der Waals surface area contributed by atoms with Crippen LogP contribution in [0.1, 0.15) is 30.5 Å². The Balaban J connectivity index is 2.38. The van der Waals surface area contributed by atoms with E-state index in [1.54, 1.807) is 6.07 Å². The second-order valence-corrected chi connectivity index (χ2v) is 5.82. The van der Waals surface area contributed by atoms with Crippen molar-refractivity contribution in [2.45, 2.75) is 33.3 Å². The average Bonchev–Trinajstić information content (AvgIpc) is 2.25. The van der Waals surface area contributed by atoms with Gasteiger partial charge in [-0.15, -0.1) is 0 Å². The highest BCUT2D eigenvalue weighted by molar-refractivity contribution is 5.82. The fourth-order valence-corrected chi connectivity index (χ4v) is 2.81. The molecule has 0 fully saturated rings. The number of rotatable bonds is 0. The summed E-state index contributed by atoms with van der Waals surface area (Å²) in [6, 6.07) is 10.1. The van der Waals surface area contributed by atoms with Crippen molar-refractivity contribution in [3.8, 4) is 22.6 Å². The summed E-state index contributed by atoms with van der Waals surface area (Å²) in [5.41, 5.74) is 4.80. The number of benzene rings is 2. The van der Waals surface area contributed by atoms with E-state index in [0.29, 0.717) is 0 Å². The molecular weight excluding hydrogens is 236 g/mol. The van der Waals surface area contributed by atoms with Gasteiger partial charge in [0.25, 0.3) is 0 Å². The molecule has 98 valence electrons. The molecular formula is C17H18O2. The Labute approximate surface area is 113 Å². The monoisotopic (exact) mass is 254 g/mol. The zero-order chi connectivity index (χ0) is 13.8. The van der Waals surface area contributed by atoms with Gasteiger partial charge in [0.2, 0.25) is 0 Å². The largest absolute Gasteiger partial charge is 0.507 e. The van der Waals surface area contributed by atoms with Gasteiger partial charge in [-0.25, -0.2) is 0 Å². The molecule has 1 N–H and O–H groups in total. The molecule has 0 unspecified atom stereocenters. The van der Waals surface area contributed by atoms with E-state index < -0.39 is 0 Å². The Morgan fingerprint density at radius 2 is 1.74 bits per heavy atom. The molecule has 19 heavy (non-hydrogen) atoms. The number of aryl methyl sites for hydroxylation is 2. The van der Waals surface area contributed by atoms with Crippen LogP contribution in [0.2, 0.25) is 0 Å². The van der Waals surface area contributed by atoms with Crippen molar-refractivity contribution < 1.29 is 9.84 Å². The van der Waals surface area contributed by atoms with Crippen LogP contribution >= 0.6 is 0 Å². The van der Waals surface area contributed by atoms with Crippen molar-refractivity contribution in [2.24, 2.45) is 0 Å². The summed E-state index contributed by atoms with van der Waals surface area (Å²) in [5, 5.41) is 10.3. The van der Waals surface area contributed by atoms with Gasteiger partial charge < -0.3 is 9.84 Å². The SMILES string of the molecule is Cc1cc(O)c2c(c1)OC(C)(C)c1ccc(C)cc1-2. The average molecular weight is 254 g/mol. The molecule has 0 spiro atoms. The molecule has 1 aliphatic heterocycles. The number of aromatic hydroxyl groups is 1. The third-order valence-corrected chi connectivity index (χ3v) is 3.68. The summed E-state index contributed by atoms with van der Waals surface area (Å²) < 4.78 is 6.09. The summed E-state index contributed by atoms with van der Waals surface area (Å²) in [7, 11) is 0. The van der Waals surface area contributed by atoms with E-state index in [1.807, 2.05) is 13.0 Å². The Morgan fingerprint density at radius 1 is 1.00 bits per heavy atom. The second kappa shape index (κ2) is 3.77. The Kier molecular flexibility index (Phi) is 2.40. The minimum atomic E-state index is -0.379. The Hall–Kier alpha value is -1.96. The fourth-order valence-electron chi connectivity index (χ4n) is 2.81. The van der Waals surface area contributed by atoms with Gasteiger partial charge >= 0.3 is 0 Å². The Morgan fingerprint density at radius 3 is 2.47 bits per heavy atom. The first-order valence-electron chi connectivity index (χ1n) is 6.52. The van der Waals surface area contributed by atoms with Crippen LogP contribution in [0.4, 0.5) is 0 Å². The van der Waals surface area contributed by atoms with E-state index in [9.17, 15) is 5.11 Å². The molecule has 3 rings (SSSR count). The van der Waals surface area contributed by atoms with Crippen molar-refractivity contribution in [3.63, 3.8) is 0 Å². The lowest BCUT2D eigenvalue weighted by Gasteiger charge is -2.35. The van der Waals surface area contributed by atoms with Crippen molar-refractivity contribution in [1.82, 2.24) is 0 Å². The zero-order valence-corrected chi connectivity index (χ0v) is 11.7. The molecule has 0 atom stereocenters. The van der Waals surface area contributed by atoms with E-state index in [-0.39, 0.29) is 11.4 Å². The van der Waals surface area contributed by atoms with Gasteiger partial charge in [-0.2, -0.15) is 0 Å². The lowest BCUT2D eigenvalue weighted by Crippen LogP contribution is -2.29. The highest BCUT2D eigenvalue weighted by Crippen LogP contribution is 2.49. The molecule has 0 amide bonds. The van der Waals surface area contributed by atoms with Gasteiger partial charge in [0.05, 0.1) is 5.56 Å². The van der Waals surface area contributed by atoms with Crippen molar-refractivity contribution in [1.29, 1.82) is 0 Å². The lowest BCUT2D eigenvalue weighted by molar-refractivity contribution is 0.105. The van der Waals surface area contributed by atoms with Crippen LogP contribution in [0.3, 0.4) is 0 Å². The number of fused-ring (bicyclic) bond motifs is 3. The van der Waals surface area contributed by atoms with E-state index in [4.69, 9.17) is 4.74 Å². The molecule has 0 saturated carbocycles. The Bertz CT molecular complexity index is 669. The van der Waals surface area contributed by atoms with Gasteiger partial charge in [-0.1, -0.05) is 23.8 Å². The van der Waals surface area contributed by atoms with Crippen LogP contribution in [-0.2, 0) is 5.60 Å². The second-order valence-electron chi connectivity index (χ2n) is 5.82. The minimum absolute atomic E-state index is 0.289. The molecule has 0 aromatic heterocycles. The van der Waals surface area contributed by atoms with Gasteiger partial charge in [0.1, 0.15) is 17.1 Å². The first-order chi connectivity index (χ1) is 8.88. The normalized spacial score (nSPS) is 15.4. The van der Waals surface area contributed by atoms with Crippen LogP contribution in [0.25, 0.3) is 11.1 Å². The number of hydrogen-bond donors (Lipinski definition) is 1. The topological polar surface area (TPSA) is 29.5 Å². The van der Waals surface area contributed by atoms with Gasteiger partial charge in [0.15, 0.2) is 0 Å². The molecule has 2 heteroatoms. The molecule has 2 aromatic rings. The third-order valence-electron chi connectivity index (χ3n) is 3.68. The molecule has 1 aliphatic rings. The molecule has 0 bridgehead atoms. The maximum absolute atomic E-state index is 10.3. The number of phenolic OH excluding ortho intramolecular Hbond substituents is 1. The van der Waals surface area contributed by atoms with E-state index in [2.05, 4.69) is 39.0 Å². The maximum atomic E-state index is 10.3. The zero-order valence-electron chi connectivity index (χ0n) is 11.7. The summed E-state index contributed by atoms with van der Waals surface area (Å²) in [6.07, 6.45) is 0. The predicted molar refractivity (Wildman–Crippen MR) is 76.7 cm³/mol. The van der Waals surface area contributed by atoms with Crippen molar-refractivity contribution >= 4 is 0 Å². The predicted octanol–water partition coefficient (Wildman–Crippen LogP) is 4.30. The lowest BCUT2D eigenvalue weighted by atomic mass is 9.84. The molecule has 2 nitrogen and oxygen atoms in total. The van der Waals surface area contributed by atoms with Crippen molar-refractivity contribution in [3.05, 3.63) is 47.0 Å². The fraction of sp³-hybridized carbons (Fsp3) is 0.294. The molecule has 0 saturated heterocycles. The first kappa shape index (κ1) is 12.1. The summed E-state index contributed by atoms with van der Waals surface area (Å²) >= 11 is 0. The van der Waals surface area contributed by atoms with Crippen molar-refractivity contribution in [2.75, 3.05) is 0 Å². The highest BCUT2D eigenvalue weighted by atomic mass is 16.5. The van der Waals surface area contributed by atoms with Crippen LogP contribution < -0.4 is 4.74 Å². The standard InChI is InChI=1S/C17H18O2/c1-10-5-6-13-12(7-10)16-14(18)8-11(2)9-15(16)19-17(13,3)4/h5-9,18H,1-4H3. The first-order valence-corrected chi connectivity index (χ1v) is 6.52. The maximum Gasteiger partial charge on any atom is 0.132 e. The van der Waals surface area contributed by atoms with Gasteiger partial charge in [0, 0.05) is 5.56 Å². The van der Waals surface area contributed by atoms with E-state index in [1.165, 1.54) is 5.56 Å². The minimum Gasteiger partial charge on any atom is -0.507 e. The molecule has 0 radical (unpaired) electrons. The molecule has 1 heterocycles. The van der Waals surface area contributed by atoms with E-state index >= 15 is 0 Å². The smallest absolute Gasteiger partial charge is 0.132 e. The summed E-state index contributed by atoms with van der Waals surface area (Å²) in [4.78, 5) is 0. The van der Waals surface area contributed by atoms with Crippen LogP contribution in [0.5, 0.6) is 11.5 Å². The number of hydrogen-bond acceptors (Lipinski definition) is 2. The van der Waals surface area contributed by atoms with Crippen LogP contribution in [0, 0.1) is 13.8 Å². The summed E-state index contributed by atoms with van der Waals surface area (Å²) in [6.45, 7) is 8.14.